The Labute approximate surface area is 269 Å². The molecule has 1 aromatic carbocycles. The second-order valence-corrected chi connectivity index (χ2v) is 13.6. The fourth-order valence-electron chi connectivity index (χ4n) is 6.16. The first kappa shape index (κ1) is 36.4. The van der Waals surface area contributed by atoms with Gasteiger partial charge in [0.2, 0.25) is 0 Å². The summed E-state index contributed by atoms with van der Waals surface area (Å²) in [4.78, 5) is 7.19. The van der Waals surface area contributed by atoms with E-state index in [-0.39, 0.29) is 17.9 Å². The van der Waals surface area contributed by atoms with Crippen LogP contribution in [0.3, 0.4) is 0 Å². The largest absolute Gasteiger partial charge is 0.344 e. The number of halogens is 3. The summed E-state index contributed by atoms with van der Waals surface area (Å²) in [7, 11) is 0. The average molecular weight is 623 g/mol. The van der Waals surface area contributed by atoms with Crippen molar-refractivity contribution in [3.05, 3.63) is 82.4 Å². The molecule has 4 nitrogen and oxygen atoms in total. The number of nitriles is 1. The van der Waals surface area contributed by atoms with Crippen LogP contribution < -0.4 is 5.32 Å². The highest BCUT2D eigenvalue weighted by Crippen LogP contribution is 2.53. The van der Waals surface area contributed by atoms with Gasteiger partial charge in [0, 0.05) is 42.4 Å². The number of likely N-dealkylation sites (tertiary alicyclic amines) is 1. The smallest absolute Gasteiger partial charge is 0.276 e. The van der Waals surface area contributed by atoms with Crippen molar-refractivity contribution in [2.75, 3.05) is 13.1 Å². The number of nitrogens with one attached hydrogen (secondary N) is 1. The molecule has 7 heteroatoms. The monoisotopic (exact) mass is 622 g/mol. The van der Waals surface area contributed by atoms with Gasteiger partial charge in [-0.1, -0.05) is 68.7 Å². The van der Waals surface area contributed by atoms with E-state index in [1.807, 2.05) is 26.8 Å². The van der Waals surface area contributed by atoms with Crippen LogP contribution in [0.2, 0.25) is 0 Å². The van der Waals surface area contributed by atoms with Crippen LogP contribution in [0.5, 0.6) is 0 Å². The fourth-order valence-corrected chi connectivity index (χ4v) is 6.16. The topological polar surface area (TPSA) is 51.4 Å². The maximum absolute atomic E-state index is 15.9. The minimum absolute atomic E-state index is 0.108. The van der Waals surface area contributed by atoms with Crippen molar-refractivity contribution < 1.29 is 13.2 Å². The summed E-state index contributed by atoms with van der Waals surface area (Å²) in [6.07, 6.45) is 8.19. The van der Waals surface area contributed by atoms with Crippen molar-refractivity contribution in [1.82, 2.24) is 10.2 Å². The van der Waals surface area contributed by atoms with E-state index in [9.17, 15) is 5.26 Å². The van der Waals surface area contributed by atoms with Crippen molar-refractivity contribution >= 4 is 5.84 Å². The van der Waals surface area contributed by atoms with Crippen molar-refractivity contribution in [2.45, 2.75) is 118 Å². The van der Waals surface area contributed by atoms with Gasteiger partial charge in [0.1, 0.15) is 11.7 Å². The molecule has 1 unspecified atom stereocenters. The van der Waals surface area contributed by atoms with Crippen molar-refractivity contribution in [1.29, 1.82) is 5.26 Å². The molecule has 1 heterocycles. The van der Waals surface area contributed by atoms with E-state index in [1.165, 1.54) is 37.5 Å². The standard InChI is InChI=1S/C38H53F3N4/c1-10-11-12-14-28(8)45-22-30(23-45)17-18-38(40,41)33-16-13-15-31(35(33)39)29(9)44-36(43-27(6)7)32(25(2)3)21-34(26(4)5)37(24-42)19-20-37/h13,15-16,21,28-30H,4,6,10-12,14,17-20,22-23H2,1-3,5,7-9H3,(H,43,44)/t28?,29-/m1/s1. The molecule has 0 bridgehead atoms. The number of allylic oxidation sites excluding steroid dienone is 4. The van der Waals surface area contributed by atoms with Gasteiger partial charge in [0.25, 0.3) is 5.92 Å². The van der Waals surface area contributed by atoms with Crippen LogP contribution in [0.1, 0.15) is 117 Å². The highest BCUT2D eigenvalue weighted by atomic mass is 19.3. The first-order valence-corrected chi connectivity index (χ1v) is 16.5. The van der Waals surface area contributed by atoms with Gasteiger partial charge in [-0.25, -0.2) is 13.2 Å². The minimum Gasteiger partial charge on any atom is -0.344 e. The zero-order chi connectivity index (χ0) is 33.5. The molecule has 246 valence electrons. The predicted molar refractivity (Wildman–Crippen MR) is 181 cm³/mol. The summed E-state index contributed by atoms with van der Waals surface area (Å²) in [5.41, 5.74) is 2.90. The lowest BCUT2D eigenvalue weighted by Crippen LogP contribution is -2.51. The number of alkyl halides is 2. The average Bonchev–Trinajstić information content (AvgIpc) is 3.72. The molecule has 1 N–H and O–H groups in total. The first-order chi connectivity index (χ1) is 21.2. The third-order valence-electron chi connectivity index (χ3n) is 9.25. The van der Waals surface area contributed by atoms with Crippen LogP contribution in [-0.2, 0) is 5.92 Å². The fraction of sp³-hybridized carbons (Fsp3) is 0.579. The summed E-state index contributed by atoms with van der Waals surface area (Å²) in [5, 5.41) is 13.1. The molecule has 0 radical (unpaired) electrons. The number of hydrogen-bond donors (Lipinski definition) is 1. The van der Waals surface area contributed by atoms with Crippen molar-refractivity contribution in [2.24, 2.45) is 16.3 Å². The second kappa shape index (κ2) is 15.5. The molecule has 1 saturated heterocycles. The highest BCUT2D eigenvalue weighted by Gasteiger charge is 2.47. The van der Waals surface area contributed by atoms with Gasteiger partial charge in [0.15, 0.2) is 0 Å². The van der Waals surface area contributed by atoms with E-state index < -0.39 is 28.8 Å². The molecule has 0 spiro atoms. The van der Waals surface area contributed by atoms with Crippen LogP contribution in [-0.4, -0.2) is 29.9 Å². The molecule has 45 heavy (non-hydrogen) atoms. The lowest BCUT2D eigenvalue weighted by atomic mass is 9.88. The molecule has 1 saturated carbocycles. The highest BCUT2D eigenvalue weighted by molar-refractivity contribution is 6.02. The van der Waals surface area contributed by atoms with E-state index >= 15 is 13.2 Å². The maximum atomic E-state index is 15.9. The molecule has 3 rings (SSSR count). The first-order valence-electron chi connectivity index (χ1n) is 16.5. The van der Waals surface area contributed by atoms with E-state index in [0.717, 1.165) is 54.6 Å². The molecular formula is C38H53F3N4. The number of hydrogen-bond acceptors (Lipinski definition) is 3. The predicted octanol–water partition coefficient (Wildman–Crippen LogP) is 10.3. The molecule has 2 atom stereocenters. The maximum Gasteiger partial charge on any atom is 0.276 e. The third-order valence-corrected chi connectivity index (χ3v) is 9.25. The van der Waals surface area contributed by atoms with Crippen LogP contribution >= 0.6 is 0 Å². The summed E-state index contributed by atoms with van der Waals surface area (Å²) >= 11 is 0. The van der Waals surface area contributed by atoms with Crippen LogP contribution in [0.4, 0.5) is 13.2 Å². The minimum atomic E-state index is -3.28. The lowest BCUT2D eigenvalue weighted by Gasteiger charge is -2.44. The molecule has 0 aromatic heterocycles. The van der Waals surface area contributed by atoms with Gasteiger partial charge in [-0.2, -0.15) is 5.26 Å². The van der Waals surface area contributed by atoms with Crippen molar-refractivity contribution in [3.8, 4) is 6.07 Å². The van der Waals surface area contributed by atoms with Crippen LogP contribution in [0.15, 0.2) is 70.4 Å². The van der Waals surface area contributed by atoms with E-state index in [0.29, 0.717) is 24.0 Å². The normalized spacial score (nSPS) is 18.4. The number of aliphatic imine (C=N–C) groups is 1. The molecule has 1 aliphatic heterocycles. The Balaban J connectivity index is 1.82. The van der Waals surface area contributed by atoms with Gasteiger partial charge in [-0.05, 0) is 84.8 Å². The Kier molecular flexibility index (Phi) is 12.5. The van der Waals surface area contributed by atoms with Crippen LogP contribution in [0, 0.1) is 28.5 Å². The third kappa shape index (κ3) is 9.22. The number of amidine groups is 1. The SMILES string of the molecule is C=C(C)NC(=N[C@H](C)c1cccc(C(F)(F)CCC2CN(C(C)CCCCC)C2)c1F)C(C=C(C(=C)C)C1(C#N)CC1)=C(C)C. The Bertz CT molecular complexity index is 1370. The molecule has 1 aromatic rings. The molecule has 1 aliphatic carbocycles. The number of nitrogens with zero attached hydrogens (tertiary/aromatic N) is 3. The Morgan fingerprint density at radius 1 is 1.18 bits per heavy atom. The quantitative estimate of drug-likeness (QED) is 0.0864. The number of benzene rings is 1. The lowest BCUT2D eigenvalue weighted by molar-refractivity contribution is -0.0359. The number of rotatable bonds is 16. The Hall–Kier alpha value is -3.11. The van der Waals surface area contributed by atoms with Gasteiger partial charge in [0.05, 0.1) is 23.1 Å². The zero-order valence-corrected chi connectivity index (χ0v) is 28.5. The summed E-state index contributed by atoms with van der Waals surface area (Å²) in [6, 6.07) is 6.37. The van der Waals surface area contributed by atoms with Gasteiger partial charge >= 0.3 is 0 Å². The molecule has 2 aliphatic rings. The summed E-state index contributed by atoms with van der Waals surface area (Å²) in [6.45, 7) is 23.4. The van der Waals surface area contributed by atoms with E-state index in [4.69, 9.17) is 4.99 Å². The summed E-state index contributed by atoms with van der Waals surface area (Å²) < 4.78 is 46.9. The van der Waals surface area contributed by atoms with Gasteiger partial charge < -0.3 is 10.2 Å². The van der Waals surface area contributed by atoms with E-state index in [2.05, 4.69) is 43.3 Å². The Morgan fingerprint density at radius 2 is 1.84 bits per heavy atom. The molecule has 2 fully saturated rings. The van der Waals surface area contributed by atoms with Gasteiger partial charge in [-0.15, -0.1) is 0 Å². The van der Waals surface area contributed by atoms with Crippen molar-refractivity contribution in [3.63, 3.8) is 0 Å². The van der Waals surface area contributed by atoms with Crippen LogP contribution in [0.25, 0.3) is 0 Å². The molecule has 0 amide bonds. The van der Waals surface area contributed by atoms with E-state index in [1.54, 1.807) is 13.8 Å². The second-order valence-electron chi connectivity index (χ2n) is 13.6. The number of unbranched alkanes of at least 4 members (excludes halogenated alkanes) is 2. The Morgan fingerprint density at radius 3 is 2.38 bits per heavy atom. The summed E-state index contributed by atoms with van der Waals surface area (Å²) in [5.74, 6) is -3.54. The zero-order valence-electron chi connectivity index (χ0n) is 28.5. The van der Waals surface area contributed by atoms with Gasteiger partial charge in [-0.3, -0.25) is 4.99 Å². The molecular weight excluding hydrogens is 569 g/mol.